The third-order valence-electron chi connectivity index (χ3n) is 2.99. The van der Waals surface area contributed by atoms with Gasteiger partial charge in [0.05, 0.1) is 6.10 Å². The highest BCUT2D eigenvalue weighted by Gasteiger charge is 2.32. The molecule has 0 bridgehead atoms. The zero-order chi connectivity index (χ0) is 12.6. The lowest BCUT2D eigenvalue weighted by Crippen LogP contribution is -2.16. The van der Waals surface area contributed by atoms with Gasteiger partial charge in [0.2, 0.25) is 0 Å². The summed E-state index contributed by atoms with van der Waals surface area (Å²) in [5.74, 6) is 0.714. The molecule has 1 aromatic heterocycles. The van der Waals surface area contributed by atoms with Crippen molar-refractivity contribution in [2.45, 2.75) is 44.0 Å². The maximum absolute atomic E-state index is 11.3. The first kappa shape index (κ1) is 12.8. The van der Waals surface area contributed by atoms with E-state index in [1.807, 2.05) is 13.8 Å². The van der Waals surface area contributed by atoms with E-state index in [1.54, 1.807) is 0 Å². The largest absolute Gasteiger partial charge is 0.378 e. The van der Waals surface area contributed by atoms with Crippen LogP contribution in [0.3, 0.4) is 0 Å². The van der Waals surface area contributed by atoms with Gasteiger partial charge in [-0.25, -0.2) is 8.42 Å². The number of hydrogen-bond acceptors (Lipinski definition) is 5. The predicted octanol–water partition coefficient (Wildman–Crippen LogP) is 1.12. The summed E-state index contributed by atoms with van der Waals surface area (Å²) in [4.78, 5) is 0. The number of nitrogens with zero attached hydrogens (tertiary/aromatic N) is 3. The van der Waals surface area contributed by atoms with Gasteiger partial charge in [-0.15, -0.1) is 10.2 Å². The average Bonchev–Trinajstić information content (AvgIpc) is 2.81. The van der Waals surface area contributed by atoms with Crippen molar-refractivity contribution in [2.75, 3.05) is 6.61 Å². The van der Waals surface area contributed by atoms with E-state index in [1.165, 1.54) is 4.57 Å². The van der Waals surface area contributed by atoms with Gasteiger partial charge in [0.25, 0.3) is 14.2 Å². The Morgan fingerprint density at radius 2 is 2.24 bits per heavy atom. The van der Waals surface area contributed by atoms with E-state index in [4.69, 9.17) is 15.4 Å². The van der Waals surface area contributed by atoms with Crippen molar-refractivity contribution in [3.63, 3.8) is 0 Å². The zero-order valence-corrected chi connectivity index (χ0v) is 11.2. The lowest BCUT2D eigenvalue weighted by atomic mass is 10.0. The molecule has 2 unspecified atom stereocenters. The maximum Gasteiger partial charge on any atom is 0.296 e. The summed E-state index contributed by atoms with van der Waals surface area (Å²) >= 11 is 0. The molecule has 2 heterocycles. The van der Waals surface area contributed by atoms with E-state index < -0.39 is 9.05 Å². The minimum atomic E-state index is -3.85. The number of rotatable bonds is 3. The van der Waals surface area contributed by atoms with Crippen LogP contribution in [0, 0.1) is 0 Å². The predicted molar refractivity (Wildman–Crippen MR) is 61.5 cm³/mol. The van der Waals surface area contributed by atoms with E-state index in [2.05, 4.69) is 10.2 Å². The van der Waals surface area contributed by atoms with Crippen molar-refractivity contribution in [1.29, 1.82) is 0 Å². The Balaban J connectivity index is 2.46. The van der Waals surface area contributed by atoms with E-state index in [0.29, 0.717) is 19.0 Å². The maximum atomic E-state index is 11.3. The highest BCUT2D eigenvalue weighted by atomic mass is 35.7. The summed E-state index contributed by atoms with van der Waals surface area (Å²) < 4.78 is 29.7. The van der Waals surface area contributed by atoms with Gasteiger partial charge >= 0.3 is 0 Å². The van der Waals surface area contributed by atoms with Crippen LogP contribution in [0.15, 0.2) is 5.16 Å². The summed E-state index contributed by atoms with van der Waals surface area (Å²) in [6.45, 7) is 4.90. The molecule has 0 N–H and O–H groups in total. The summed E-state index contributed by atoms with van der Waals surface area (Å²) in [5, 5.41) is 7.45. The van der Waals surface area contributed by atoms with Crippen LogP contribution in [0.1, 0.15) is 32.0 Å². The number of ether oxygens (including phenoxy) is 1. The van der Waals surface area contributed by atoms with E-state index >= 15 is 0 Å². The summed E-state index contributed by atoms with van der Waals surface area (Å²) in [7, 11) is 1.47. The van der Waals surface area contributed by atoms with Gasteiger partial charge in [0.1, 0.15) is 5.82 Å². The van der Waals surface area contributed by atoms with Gasteiger partial charge in [0.15, 0.2) is 0 Å². The molecule has 0 saturated carbocycles. The first-order chi connectivity index (χ1) is 7.95. The van der Waals surface area contributed by atoms with Gasteiger partial charge in [-0.05, 0) is 20.3 Å². The quantitative estimate of drug-likeness (QED) is 0.775. The highest BCUT2D eigenvalue weighted by molar-refractivity contribution is 8.13. The molecule has 1 aromatic rings. The van der Waals surface area contributed by atoms with Crippen LogP contribution in [0.25, 0.3) is 0 Å². The molecule has 17 heavy (non-hydrogen) atoms. The SMILES string of the molecule is CCn1c(C2CCOC2C)nnc1S(=O)(=O)Cl. The summed E-state index contributed by atoms with van der Waals surface area (Å²) in [6, 6.07) is 0. The average molecular weight is 280 g/mol. The molecule has 6 nitrogen and oxygen atoms in total. The van der Waals surface area contributed by atoms with Gasteiger partial charge < -0.3 is 9.30 Å². The Hall–Kier alpha value is -0.660. The van der Waals surface area contributed by atoms with Crippen LogP contribution in [0.2, 0.25) is 0 Å². The van der Waals surface area contributed by atoms with Crippen molar-refractivity contribution in [3.8, 4) is 0 Å². The Morgan fingerprint density at radius 1 is 1.53 bits per heavy atom. The Bertz CT molecular complexity index is 514. The molecule has 2 atom stereocenters. The van der Waals surface area contributed by atoms with E-state index in [9.17, 15) is 8.42 Å². The number of aromatic nitrogens is 3. The molecule has 0 radical (unpaired) electrons. The molecule has 0 aliphatic carbocycles. The van der Waals surface area contributed by atoms with Gasteiger partial charge in [-0.2, -0.15) is 0 Å². The van der Waals surface area contributed by atoms with Crippen molar-refractivity contribution < 1.29 is 13.2 Å². The Kier molecular flexibility index (Phi) is 3.42. The van der Waals surface area contributed by atoms with Crippen LogP contribution in [-0.2, 0) is 20.3 Å². The fourth-order valence-electron chi connectivity index (χ4n) is 2.12. The van der Waals surface area contributed by atoms with Crippen LogP contribution >= 0.6 is 10.7 Å². The standard InChI is InChI=1S/C9H14ClN3O3S/c1-3-13-8(7-4-5-16-6(7)2)11-12-9(13)17(10,14)15/h6-7H,3-5H2,1-2H3. The Morgan fingerprint density at radius 3 is 2.71 bits per heavy atom. The fraction of sp³-hybridized carbons (Fsp3) is 0.778. The monoisotopic (exact) mass is 279 g/mol. The second-order valence-electron chi connectivity index (χ2n) is 3.99. The molecule has 0 aromatic carbocycles. The van der Waals surface area contributed by atoms with Crippen molar-refractivity contribution in [1.82, 2.24) is 14.8 Å². The number of halogens is 1. The number of hydrogen-bond donors (Lipinski definition) is 0. The van der Waals surface area contributed by atoms with Crippen LogP contribution in [0.5, 0.6) is 0 Å². The minimum absolute atomic E-state index is 0.0235. The normalized spacial score (nSPS) is 25.4. The topological polar surface area (TPSA) is 74.1 Å². The first-order valence-corrected chi connectivity index (χ1v) is 7.75. The molecule has 0 spiro atoms. The molecule has 1 saturated heterocycles. The van der Waals surface area contributed by atoms with Gasteiger partial charge in [-0.3, -0.25) is 0 Å². The highest BCUT2D eigenvalue weighted by Crippen LogP contribution is 2.31. The van der Waals surface area contributed by atoms with Crippen molar-refractivity contribution in [2.24, 2.45) is 0 Å². The lowest BCUT2D eigenvalue weighted by molar-refractivity contribution is 0.116. The molecule has 1 aliphatic rings. The molecular formula is C9H14ClN3O3S. The minimum Gasteiger partial charge on any atom is -0.378 e. The summed E-state index contributed by atoms with van der Waals surface area (Å²) in [6.07, 6.45) is 0.845. The molecular weight excluding hydrogens is 266 g/mol. The lowest BCUT2D eigenvalue weighted by Gasteiger charge is -2.14. The molecule has 1 fully saturated rings. The van der Waals surface area contributed by atoms with E-state index in [-0.39, 0.29) is 17.2 Å². The van der Waals surface area contributed by atoms with Crippen LogP contribution < -0.4 is 0 Å². The molecule has 0 amide bonds. The molecule has 96 valence electrons. The van der Waals surface area contributed by atoms with Gasteiger partial charge in [-0.1, -0.05) is 0 Å². The Labute approximate surface area is 104 Å². The second kappa shape index (κ2) is 4.55. The molecule has 2 rings (SSSR count). The second-order valence-corrected chi connectivity index (χ2v) is 6.45. The first-order valence-electron chi connectivity index (χ1n) is 5.44. The van der Waals surface area contributed by atoms with Crippen molar-refractivity contribution >= 4 is 19.7 Å². The van der Waals surface area contributed by atoms with E-state index in [0.717, 1.165) is 6.42 Å². The van der Waals surface area contributed by atoms with Gasteiger partial charge in [0, 0.05) is 29.8 Å². The zero-order valence-electron chi connectivity index (χ0n) is 9.63. The third kappa shape index (κ3) is 2.31. The molecule has 1 aliphatic heterocycles. The van der Waals surface area contributed by atoms with Crippen molar-refractivity contribution in [3.05, 3.63) is 5.82 Å². The fourth-order valence-corrected chi connectivity index (χ4v) is 3.09. The molecule has 8 heteroatoms. The third-order valence-corrected chi connectivity index (χ3v) is 4.14. The smallest absolute Gasteiger partial charge is 0.296 e. The summed E-state index contributed by atoms with van der Waals surface area (Å²) in [5.41, 5.74) is 0. The van der Waals surface area contributed by atoms with Crippen LogP contribution in [-0.4, -0.2) is 35.9 Å². The van der Waals surface area contributed by atoms with Crippen LogP contribution in [0.4, 0.5) is 0 Å².